The Kier molecular flexibility index (Phi) is 17.7. The topological polar surface area (TPSA) is 55.4 Å². The first-order chi connectivity index (χ1) is 22.9. The van der Waals surface area contributed by atoms with Crippen molar-refractivity contribution in [3.05, 3.63) is 53.6 Å². The summed E-state index contributed by atoms with van der Waals surface area (Å²) in [6.45, 7) is 17.2. The van der Waals surface area contributed by atoms with Gasteiger partial charge in [-0.3, -0.25) is 0 Å². The van der Waals surface area contributed by atoms with Crippen LogP contribution in [0.2, 0.25) is 18.1 Å². The van der Waals surface area contributed by atoms with Crippen molar-refractivity contribution in [1.29, 1.82) is 0 Å². The highest BCUT2D eigenvalue weighted by Crippen LogP contribution is 2.52. The molecule has 2 aromatic rings. The van der Waals surface area contributed by atoms with E-state index in [9.17, 15) is 0 Å². The molecule has 48 heavy (non-hydrogen) atoms. The van der Waals surface area contributed by atoms with Gasteiger partial charge in [-0.1, -0.05) is 84.4 Å². The molecular weight excluding hydrogens is 657 g/mol. The lowest BCUT2D eigenvalue weighted by molar-refractivity contribution is -0.0688. The Bertz CT molecular complexity index is 1190. The number of hydrogen-bond acceptors (Lipinski definition) is 8. The number of rotatable bonds is 23. The number of hydrogen-bond donors (Lipinski definition) is 0. The monoisotopic (exact) mass is 720 g/mol. The molecule has 0 amide bonds. The molecule has 3 rings (SSSR count). The first kappa shape index (κ1) is 41.2. The molecule has 0 aliphatic carbocycles. The highest BCUT2D eigenvalue weighted by Gasteiger charge is 2.41. The predicted octanol–water partition coefficient (Wildman–Crippen LogP) is 11.0. The third-order valence-corrected chi connectivity index (χ3v) is 17.0. The van der Waals surface area contributed by atoms with Gasteiger partial charge in [-0.05, 0) is 85.0 Å². The van der Waals surface area contributed by atoms with Gasteiger partial charge in [0.15, 0.2) is 21.9 Å². The summed E-state index contributed by atoms with van der Waals surface area (Å²) in [5.41, 5.74) is 2.84. The Balaban J connectivity index is 1.40. The number of ether oxygens (including phenoxy) is 5. The van der Waals surface area contributed by atoms with Gasteiger partial charge >= 0.3 is 0 Å². The quantitative estimate of drug-likeness (QED) is 0.0639. The molecule has 1 aliphatic heterocycles. The number of thioether (sulfide) groups is 2. The molecule has 1 aliphatic rings. The molecule has 2 aromatic carbocycles. The van der Waals surface area contributed by atoms with Crippen LogP contribution in [0.15, 0.2) is 47.4 Å². The summed E-state index contributed by atoms with van der Waals surface area (Å²) < 4.78 is 33.9. The second kappa shape index (κ2) is 20.6. The van der Waals surface area contributed by atoms with Crippen LogP contribution in [0.1, 0.15) is 103 Å². The van der Waals surface area contributed by atoms with E-state index in [1.807, 2.05) is 30.4 Å². The maximum atomic E-state index is 6.30. The lowest BCUT2D eigenvalue weighted by atomic mass is 9.68. The molecule has 9 heteroatoms. The molecule has 0 saturated carbocycles. The largest absolute Gasteiger partial charge is 0.468 e. The third-order valence-electron chi connectivity index (χ3n) is 9.99. The molecule has 1 heterocycles. The number of methoxy groups -OCH3 is 2. The highest BCUT2D eigenvalue weighted by molar-refractivity contribution is 7.99. The lowest BCUT2D eigenvalue weighted by Crippen LogP contribution is -2.44. The van der Waals surface area contributed by atoms with Crippen molar-refractivity contribution in [1.82, 2.24) is 0 Å². The summed E-state index contributed by atoms with van der Waals surface area (Å²) >= 11 is 3.95. The lowest BCUT2D eigenvalue weighted by Gasteiger charge is -2.43. The Morgan fingerprint density at radius 2 is 1.46 bits per heavy atom. The van der Waals surface area contributed by atoms with Crippen molar-refractivity contribution < 1.29 is 28.1 Å². The van der Waals surface area contributed by atoms with Crippen LogP contribution in [-0.2, 0) is 24.1 Å². The number of unbranched alkanes of at least 4 members (excludes halogenated alkanes) is 6. The van der Waals surface area contributed by atoms with Gasteiger partial charge in [0.2, 0.25) is 0 Å². The van der Waals surface area contributed by atoms with Gasteiger partial charge in [0, 0.05) is 36.0 Å². The average molecular weight is 721 g/mol. The number of benzene rings is 2. The Hall–Kier alpha value is -1.20. The summed E-state index contributed by atoms with van der Waals surface area (Å²) in [5, 5.41) is 0.209. The molecule has 0 bridgehead atoms. The normalized spacial score (nSPS) is 18.8. The second-order valence-electron chi connectivity index (χ2n) is 14.8. The van der Waals surface area contributed by atoms with Crippen LogP contribution < -0.4 is 9.47 Å². The van der Waals surface area contributed by atoms with Gasteiger partial charge in [-0.15, -0.1) is 11.8 Å². The minimum absolute atomic E-state index is 0.0326. The highest BCUT2D eigenvalue weighted by atomic mass is 32.2. The van der Waals surface area contributed by atoms with Crippen LogP contribution in [0.25, 0.3) is 0 Å². The van der Waals surface area contributed by atoms with Crippen molar-refractivity contribution in [2.75, 3.05) is 51.7 Å². The zero-order valence-electron chi connectivity index (χ0n) is 31.4. The Morgan fingerprint density at radius 3 is 2.10 bits per heavy atom. The fourth-order valence-corrected chi connectivity index (χ4v) is 9.55. The minimum atomic E-state index is -1.77. The first-order valence-corrected chi connectivity index (χ1v) is 22.9. The van der Waals surface area contributed by atoms with Crippen molar-refractivity contribution >= 4 is 31.8 Å². The van der Waals surface area contributed by atoms with Crippen LogP contribution >= 0.6 is 23.5 Å². The van der Waals surface area contributed by atoms with E-state index in [0.29, 0.717) is 5.92 Å². The molecule has 0 fully saturated rings. The van der Waals surface area contributed by atoms with E-state index in [1.54, 1.807) is 14.2 Å². The summed E-state index contributed by atoms with van der Waals surface area (Å²) in [7, 11) is 1.53. The molecule has 3 atom stereocenters. The minimum Gasteiger partial charge on any atom is -0.468 e. The van der Waals surface area contributed by atoms with Crippen LogP contribution in [0.4, 0.5) is 0 Å². The van der Waals surface area contributed by atoms with Crippen LogP contribution in [-0.4, -0.2) is 66.3 Å². The summed E-state index contributed by atoms with van der Waals surface area (Å²) in [5.74, 6) is 5.45. The zero-order valence-corrected chi connectivity index (χ0v) is 34.0. The summed E-state index contributed by atoms with van der Waals surface area (Å²) in [6, 6.07) is 15.2. The molecule has 0 aromatic heterocycles. The van der Waals surface area contributed by atoms with E-state index in [4.69, 9.17) is 28.1 Å². The molecule has 0 radical (unpaired) electrons. The average Bonchev–Trinajstić information content (AvgIpc) is 3.05. The summed E-state index contributed by atoms with van der Waals surface area (Å²) in [6.07, 6.45) is 10.2. The zero-order chi connectivity index (χ0) is 35.0. The molecule has 6 nitrogen and oxygen atoms in total. The van der Waals surface area contributed by atoms with Crippen molar-refractivity contribution in [3.63, 3.8) is 0 Å². The Morgan fingerprint density at radius 1 is 0.854 bits per heavy atom. The smallest absolute Gasteiger partial charge is 0.195 e. The Labute approximate surface area is 302 Å². The third kappa shape index (κ3) is 12.8. The van der Waals surface area contributed by atoms with E-state index in [1.165, 1.54) is 73.1 Å². The van der Waals surface area contributed by atoms with E-state index < -0.39 is 8.32 Å². The van der Waals surface area contributed by atoms with Gasteiger partial charge in [-0.2, -0.15) is 11.8 Å². The SMILES string of the molecule is COCOc1ccc(C2(C)CSc3cc(OCOC)ccc3C2CCCCCCCCCSCCOC(C)O[Si](C)(C)C(C)(C)C)cc1. The van der Waals surface area contributed by atoms with Gasteiger partial charge in [0.05, 0.1) is 6.61 Å². The van der Waals surface area contributed by atoms with E-state index in [2.05, 4.69) is 83.3 Å². The van der Waals surface area contributed by atoms with Crippen LogP contribution in [0, 0.1) is 0 Å². The van der Waals surface area contributed by atoms with E-state index in [-0.39, 0.29) is 30.3 Å². The predicted molar refractivity (Wildman–Crippen MR) is 207 cm³/mol. The van der Waals surface area contributed by atoms with Crippen molar-refractivity contribution in [2.45, 2.75) is 127 Å². The summed E-state index contributed by atoms with van der Waals surface area (Å²) in [4.78, 5) is 1.34. The molecule has 3 unspecified atom stereocenters. The van der Waals surface area contributed by atoms with Crippen LogP contribution in [0.5, 0.6) is 11.5 Å². The van der Waals surface area contributed by atoms with Gasteiger partial charge in [0.25, 0.3) is 0 Å². The van der Waals surface area contributed by atoms with Gasteiger partial charge in [-0.25, -0.2) is 0 Å². The van der Waals surface area contributed by atoms with E-state index in [0.717, 1.165) is 29.6 Å². The maximum Gasteiger partial charge on any atom is 0.195 e. The molecule has 0 spiro atoms. The fourth-order valence-electron chi connectivity index (χ4n) is 6.07. The standard InChI is InChI=1S/C39H64O6S2Si/c1-31(45-48(8,9)38(2,3)4)42-24-26-46-25-16-14-12-10-11-13-15-17-36-35-23-22-34(44-30-41-7)27-37(35)47-28-39(36,5)32-18-20-33(21-19-32)43-29-40-6/h18-23,27,31,36H,10-17,24-26,28-30H2,1-9H3. The van der Waals surface area contributed by atoms with Crippen molar-refractivity contribution in [2.24, 2.45) is 0 Å². The van der Waals surface area contributed by atoms with Gasteiger partial charge in [0.1, 0.15) is 17.8 Å². The maximum absolute atomic E-state index is 6.30. The second-order valence-corrected chi connectivity index (χ2v) is 21.8. The van der Waals surface area contributed by atoms with Gasteiger partial charge < -0.3 is 28.1 Å². The molecule has 0 saturated heterocycles. The van der Waals surface area contributed by atoms with E-state index >= 15 is 0 Å². The van der Waals surface area contributed by atoms with Crippen molar-refractivity contribution in [3.8, 4) is 11.5 Å². The molecule has 0 N–H and O–H groups in total. The van der Waals surface area contributed by atoms with Crippen LogP contribution in [0.3, 0.4) is 0 Å². The molecular formula is C39H64O6S2Si. The molecule has 272 valence electrons. The first-order valence-electron chi connectivity index (χ1n) is 17.9. The fraction of sp³-hybridized carbons (Fsp3) is 0.692. The number of fused-ring (bicyclic) bond motifs is 1.